The Balaban J connectivity index is 2.24. The molecular weight excluding hydrogens is 241 g/mol. The Labute approximate surface area is 104 Å². The number of alkyl carbamates (subject to hydrolysis) is 1. The van der Waals surface area contributed by atoms with E-state index >= 15 is 0 Å². The predicted molar refractivity (Wildman–Crippen MR) is 61.5 cm³/mol. The van der Waals surface area contributed by atoms with Gasteiger partial charge in [0.15, 0.2) is 0 Å². The minimum Gasteiger partial charge on any atom is -0.467 e. The number of benzene rings is 1. The lowest BCUT2D eigenvalue weighted by Crippen LogP contribution is -2.35. The predicted octanol–water partition coefficient (Wildman–Crippen LogP) is 1.42. The fraction of sp³-hybridized carbons (Fsp3) is 0.333. The zero-order chi connectivity index (χ0) is 13.4. The van der Waals surface area contributed by atoms with E-state index in [1.54, 1.807) is 12.1 Å². The monoisotopic (exact) mass is 255 g/mol. The molecule has 1 aromatic rings. The van der Waals surface area contributed by atoms with Gasteiger partial charge in [-0.15, -0.1) is 0 Å². The normalized spacial score (nSPS) is 11.4. The van der Waals surface area contributed by atoms with Crippen LogP contribution in [0.4, 0.5) is 9.18 Å². The summed E-state index contributed by atoms with van der Waals surface area (Å²) in [5.41, 5.74) is 0.817. The standard InChI is InChI=1S/C12H14FNO4/c1-17-11(15)10(13)7-14-12(16)18-8-9-5-3-2-4-6-9/h2-6,10H,7-8H2,1H3,(H,14,16). The molecule has 18 heavy (non-hydrogen) atoms. The lowest BCUT2D eigenvalue weighted by molar-refractivity contribution is -0.146. The van der Waals surface area contributed by atoms with Crippen LogP contribution in [-0.4, -0.2) is 31.9 Å². The summed E-state index contributed by atoms with van der Waals surface area (Å²) in [5.74, 6) is -1.03. The molecule has 1 rings (SSSR count). The first-order valence-electron chi connectivity index (χ1n) is 5.30. The largest absolute Gasteiger partial charge is 0.467 e. The average Bonchev–Trinajstić information content (AvgIpc) is 2.42. The van der Waals surface area contributed by atoms with E-state index in [1.807, 2.05) is 18.2 Å². The third-order valence-corrected chi connectivity index (χ3v) is 2.10. The summed E-state index contributed by atoms with van der Waals surface area (Å²) in [6.07, 6.45) is -2.68. The van der Waals surface area contributed by atoms with E-state index in [2.05, 4.69) is 10.1 Å². The fourth-order valence-electron chi connectivity index (χ4n) is 1.16. The molecule has 0 aliphatic heterocycles. The van der Waals surface area contributed by atoms with Gasteiger partial charge in [0, 0.05) is 0 Å². The number of carbonyl (C=O) groups excluding carboxylic acids is 2. The maximum atomic E-state index is 13.0. The molecule has 5 nitrogen and oxygen atoms in total. The highest BCUT2D eigenvalue weighted by molar-refractivity contribution is 5.76. The Morgan fingerprint density at radius 1 is 1.33 bits per heavy atom. The second-order valence-corrected chi connectivity index (χ2v) is 3.43. The molecule has 1 unspecified atom stereocenters. The second-order valence-electron chi connectivity index (χ2n) is 3.43. The summed E-state index contributed by atoms with van der Waals surface area (Å²) < 4.78 is 22.0. The molecule has 0 radical (unpaired) electrons. The summed E-state index contributed by atoms with van der Waals surface area (Å²) in [4.78, 5) is 21.9. The highest BCUT2D eigenvalue weighted by atomic mass is 19.1. The van der Waals surface area contributed by atoms with Gasteiger partial charge in [-0.1, -0.05) is 30.3 Å². The van der Waals surface area contributed by atoms with Gasteiger partial charge in [0.05, 0.1) is 13.7 Å². The third-order valence-electron chi connectivity index (χ3n) is 2.10. The molecule has 0 saturated carbocycles. The van der Waals surface area contributed by atoms with Gasteiger partial charge in [-0.05, 0) is 5.56 Å². The number of ether oxygens (including phenoxy) is 2. The summed E-state index contributed by atoms with van der Waals surface area (Å²) in [7, 11) is 1.07. The molecule has 1 amide bonds. The van der Waals surface area contributed by atoms with Gasteiger partial charge in [-0.2, -0.15) is 0 Å². The molecular formula is C12H14FNO4. The van der Waals surface area contributed by atoms with Crippen molar-refractivity contribution in [2.75, 3.05) is 13.7 Å². The number of nitrogens with one attached hydrogen (secondary N) is 1. The summed E-state index contributed by atoms with van der Waals surface area (Å²) >= 11 is 0. The van der Waals surface area contributed by atoms with Gasteiger partial charge >= 0.3 is 12.1 Å². The summed E-state index contributed by atoms with van der Waals surface area (Å²) in [6, 6.07) is 9.05. The molecule has 6 heteroatoms. The van der Waals surface area contributed by atoms with Crippen LogP contribution in [0.3, 0.4) is 0 Å². The molecule has 0 aromatic heterocycles. The maximum Gasteiger partial charge on any atom is 0.407 e. The molecule has 1 aromatic carbocycles. The molecule has 0 aliphatic carbocycles. The number of esters is 1. The first-order chi connectivity index (χ1) is 8.63. The number of methoxy groups -OCH3 is 1. The fourth-order valence-corrected chi connectivity index (χ4v) is 1.16. The van der Waals surface area contributed by atoms with Crippen LogP contribution in [0.1, 0.15) is 5.56 Å². The van der Waals surface area contributed by atoms with Crippen molar-refractivity contribution in [2.45, 2.75) is 12.8 Å². The van der Waals surface area contributed by atoms with E-state index in [9.17, 15) is 14.0 Å². The van der Waals surface area contributed by atoms with Crippen molar-refractivity contribution < 1.29 is 23.5 Å². The number of amides is 1. The highest BCUT2D eigenvalue weighted by Gasteiger charge is 2.18. The minimum absolute atomic E-state index is 0.0852. The molecule has 0 fully saturated rings. The van der Waals surface area contributed by atoms with Crippen LogP contribution in [0.2, 0.25) is 0 Å². The molecule has 0 saturated heterocycles. The van der Waals surface area contributed by atoms with Crippen molar-refractivity contribution in [1.29, 1.82) is 0 Å². The van der Waals surface area contributed by atoms with E-state index in [0.29, 0.717) is 0 Å². The summed E-state index contributed by atoms with van der Waals surface area (Å²) in [5, 5.41) is 2.13. The number of hydrogen-bond donors (Lipinski definition) is 1. The van der Waals surface area contributed by atoms with Crippen LogP contribution in [0, 0.1) is 0 Å². The smallest absolute Gasteiger partial charge is 0.407 e. The second kappa shape index (κ2) is 7.26. The van der Waals surface area contributed by atoms with Crippen LogP contribution in [0.25, 0.3) is 0 Å². The number of carbonyl (C=O) groups is 2. The van der Waals surface area contributed by atoms with E-state index in [-0.39, 0.29) is 6.61 Å². The van der Waals surface area contributed by atoms with Gasteiger partial charge in [0.1, 0.15) is 6.61 Å². The Morgan fingerprint density at radius 3 is 2.61 bits per heavy atom. The molecule has 0 heterocycles. The van der Waals surface area contributed by atoms with Gasteiger partial charge in [-0.25, -0.2) is 14.0 Å². The van der Waals surface area contributed by atoms with Gasteiger partial charge < -0.3 is 14.8 Å². The van der Waals surface area contributed by atoms with Crippen molar-refractivity contribution in [3.05, 3.63) is 35.9 Å². The van der Waals surface area contributed by atoms with E-state index in [4.69, 9.17) is 4.74 Å². The van der Waals surface area contributed by atoms with Crippen LogP contribution >= 0.6 is 0 Å². The first kappa shape index (κ1) is 14.0. The van der Waals surface area contributed by atoms with Gasteiger partial charge in [0.2, 0.25) is 6.17 Å². The van der Waals surface area contributed by atoms with Crippen LogP contribution in [0.5, 0.6) is 0 Å². The zero-order valence-corrected chi connectivity index (χ0v) is 9.89. The summed E-state index contributed by atoms with van der Waals surface area (Å²) in [6.45, 7) is -0.387. The quantitative estimate of drug-likeness (QED) is 0.808. The lowest BCUT2D eigenvalue weighted by Gasteiger charge is -2.08. The van der Waals surface area contributed by atoms with E-state index in [1.165, 1.54) is 0 Å². The van der Waals surface area contributed by atoms with Crippen molar-refractivity contribution in [3.63, 3.8) is 0 Å². The number of halogens is 1. The van der Waals surface area contributed by atoms with Crippen molar-refractivity contribution in [3.8, 4) is 0 Å². The topological polar surface area (TPSA) is 64.6 Å². The highest BCUT2D eigenvalue weighted by Crippen LogP contribution is 2.00. The van der Waals surface area contributed by atoms with Crippen LogP contribution in [-0.2, 0) is 20.9 Å². The van der Waals surface area contributed by atoms with Crippen LogP contribution in [0.15, 0.2) is 30.3 Å². The Morgan fingerprint density at radius 2 is 2.00 bits per heavy atom. The van der Waals surface area contributed by atoms with Gasteiger partial charge in [-0.3, -0.25) is 0 Å². The minimum atomic E-state index is -1.89. The Bertz CT molecular complexity index is 396. The van der Waals surface area contributed by atoms with Crippen LogP contribution < -0.4 is 5.32 Å². The number of alkyl halides is 1. The molecule has 0 aliphatic rings. The van der Waals surface area contributed by atoms with Crippen molar-refractivity contribution in [1.82, 2.24) is 5.32 Å². The van der Waals surface area contributed by atoms with E-state index < -0.39 is 24.8 Å². The number of rotatable bonds is 5. The first-order valence-corrected chi connectivity index (χ1v) is 5.30. The Kier molecular flexibility index (Phi) is 5.63. The molecule has 0 spiro atoms. The van der Waals surface area contributed by atoms with Crippen molar-refractivity contribution >= 4 is 12.1 Å². The van der Waals surface area contributed by atoms with Gasteiger partial charge in [0.25, 0.3) is 0 Å². The third kappa shape index (κ3) is 4.82. The molecule has 0 bridgehead atoms. The average molecular weight is 255 g/mol. The Hall–Kier alpha value is -2.11. The molecule has 98 valence electrons. The maximum absolute atomic E-state index is 13.0. The molecule has 1 N–H and O–H groups in total. The van der Waals surface area contributed by atoms with Crippen molar-refractivity contribution in [2.24, 2.45) is 0 Å². The SMILES string of the molecule is COC(=O)C(F)CNC(=O)OCc1ccccc1. The van der Waals surface area contributed by atoms with E-state index in [0.717, 1.165) is 12.7 Å². The zero-order valence-electron chi connectivity index (χ0n) is 9.89. The lowest BCUT2D eigenvalue weighted by atomic mass is 10.2. The number of hydrogen-bond acceptors (Lipinski definition) is 4. The molecule has 1 atom stereocenters.